The van der Waals surface area contributed by atoms with Gasteiger partial charge in [-0.3, -0.25) is 24.0 Å². The number of nitrogen functional groups attached to an aromatic ring is 1. The summed E-state index contributed by atoms with van der Waals surface area (Å²) in [6, 6.07) is 6.27. The summed E-state index contributed by atoms with van der Waals surface area (Å²) in [5.41, 5.74) is 5.05. The molecule has 0 aliphatic rings. The Hall–Kier alpha value is -2.58. The van der Waals surface area contributed by atoms with Crippen molar-refractivity contribution in [3.8, 4) is 0 Å². The van der Waals surface area contributed by atoms with Gasteiger partial charge in [-0.05, 0) is 30.2 Å². The molecule has 0 unspecified atom stereocenters. The fourth-order valence-electron chi connectivity index (χ4n) is 2.63. The van der Waals surface area contributed by atoms with Crippen LogP contribution in [-0.2, 0) is 11.3 Å². The maximum absolute atomic E-state index is 13.0. The number of hydrogen-bond acceptors (Lipinski definition) is 5. The molecule has 8 nitrogen and oxygen atoms in total. The van der Waals surface area contributed by atoms with Gasteiger partial charge in [0.1, 0.15) is 5.82 Å². The van der Waals surface area contributed by atoms with E-state index in [4.69, 9.17) is 22.1 Å². The first-order valence-corrected chi connectivity index (χ1v) is 8.83. The summed E-state index contributed by atoms with van der Waals surface area (Å²) in [7, 11) is 1.48. The molecule has 1 aromatic heterocycles. The molecule has 146 valence electrons. The van der Waals surface area contributed by atoms with Crippen molar-refractivity contribution in [3.05, 3.63) is 55.7 Å². The van der Waals surface area contributed by atoms with E-state index in [2.05, 4.69) is 4.98 Å². The van der Waals surface area contributed by atoms with Crippen molar-refractivity contribution < 1.29 is 9.53 Å². The lowest BCUT2D eigenvalue weighted by molar-refractivity contribution is 0.0975. The van der Waals surface area contributed by atoms with Crippen LogP contribution in [0.5, 0.6) is 0 Å². The van der Waals surface area contributed by atoms with Crippen LogP contribution < -0.4 is 21.9 Å². The molecule has 3 N–H and O–H groups in total. The van der Waals surface area contributed by atoms with Gasteiger partial charge in [-0.25, -0.2) is 4.79 Å². The van der Waals surface area contributed by atoms with E-state index in [-0.39, 0.29) is 30.6 Å². The first-order valence-electron chi connectivity index (χ1n) is 8.45. The number of H-pyrrole nitrogens is 1. The fourth-order valence-corrected chi connectivity index (χ4v) is 2.76. The van der Waals surface area contributed by atoms with Gasteiger partial charge in [-0.2, -0.15) is 0 Å². The Morgan fingerprint density at radius 2 is 1.93 bits per heavy atom. The van der Waals surface area contributed by atoms with E-state index >= 15 is 0 Å². The zero-order valence-electron chi connectivity index (χ0n) is 15.5. The summed E-state index contributed by atoms with van der Waals surface area (Å²) in [5.74, 6) is -0.394. The van der Waals surface area contributed by atoms with Gasteiger partial charge >= 0.3 is 5.69 Å². The van der Waals surface area contributed by atoms with E-state index in [0.717, 1.165) is 0 Å². The van der Waals surface area contributed by atoms with Crippen LogP contribution in [0.15, 0.2) is 33.9 Å². The van der Waals surface area contributed by atoms with E-state index < -0.39 is 17.2 Å². The van der Waals surface area contributed by atoms with Crippen LogP contribution >= 0.6 is 11.6 Å². The largest absolute Gasteiger partial charge is 0.383 e. The molecule has 0 radical (unpaired) electrons. The zero-order valence-corrected chi connectivity index (χ0v) is 16.2. The number of nitrogens with two attached hydrogens (primary N) is 1. The molecule has 1 aromatic carbocycles. The lowest BCUT2D eigenvalue weighted by Crippen LogP contribution is -2.42. The maximum atomic E-state index is 13.0. The van der Waals surface area contributed by atoms with E-state index in [1.165, 1.54) is 16.6 Å². The van der Waals surface area contributed by atoms with Crippen LogP contribution in [0.4, 0.5) is 11.5 Å². The number of aromatic nitrogens is 2. The Morgan fingerprint density at radius 1 is 1.30 bits per heavy atom. The molecular weight excluding hydrogens is 372 g/mol. The number of benzene rings is 1. The average Bonchev–Trinajstić information content (AvgIpc) is 2.61. The summed E-state index contributed by atoms with van der Waals surface area (Å²) < 4.78 is 6.32. The molecule has 0 bridgehead atoms. The molecule has 1 amide bonds. The van der Waals surface area contributed by atoms with Crippen LogP contribution in [0.2, 0.25) is 5.02 Å². The Kier molecular flexibility index (Phi) is 6.81. The third-order valence-corrected chi connectivity index (χ3v) is 4.14. The van der Waals surface area contributed by atoms with Gasteiger partial charge in [0.15, 0.2) is 5.69 Å². The van der Waals surface area contributed by atoms with Crippen LogP contribution in [0.25, 0.3) is 0 Å². The predicted molar refractivity (Wildman–Crippen MR) is 106 cm³/mol. The second-order valence-corrected chi connectivity index (χ2v) is 6.89. The molecular formula is C18H23ClN4O4. The number of nitrogens with zero attached hydrogens (tertiary/aromatic N) is 2. The molecule has 0 aliphatic heterocycles. The lowest BCUT2D eigenvalue weighted by Gasteiger charge is -2.24. The highest BCUT2D eigenvalue weighted by Crippen LogP contribution is 2.21. The highest BCUT2D eigenvalue weighted by molar-refractivity contribution is 6.30. The van der Waals surface area contributed by atoms with E-state index in [0.29, 0.717) is 17.1 Å². The molecule has 0 fully saturated rings. The van der Waals surface area contributed by atoms with Gasteiger partial charge in [0.25, 0.3) is 11.5 Å². The molecule has 2 rings (SSSR count). The summed E-state index contributed by atoms with van der Waals surface area (Å²) >= 11 is 5.88. The Balaban J connectivity index is 2.59. The molecule has 27 heavy (non-hydrogen) atoms. The number of rotatable bonds is 7. The van der Waals surface area contributed by atoms with Crippen molar-refractivity contribution in [2.24, 2.45) is 5.92 Å². The quantitative estimate of drug-likeness (QED) is 0.742. The zero-order chi connectivity index (χ0) is 20.1. The molecule has 0 saturated heterocycles. The smallest absolute Gasteiger partial charge is 0.330 e. The summed E-state index contributed by atoms with van der Waals surface area (Å²) in [4.78, 5) is 41.1. The monoisotopic (exact) mass is 394 g/mol. The number of methoxy groups -OCH3 is 1. The molecule has 0 atom stereocenters. The first-order chi connectivity index (χ1) is 12.8. The summed E-state index contributed by atoms with van der Waals surface area (Å²) in [6.45, 7) is 4.41. The average molecular weight is 395 g/mol. The Morgan fingerprint density at radius 3 is 2.48 bits per heavy atom. The van der Waals surface area contributed by atoms with E-state index in [1.807, 2.05) is 13.8 Å². The van der Waals surface area contributed by atoms with Crippen molar-refractivity contribution in [3.63, 3.8) is 0 Å². The molecule has 0 saturated carbocycles. The van der Waals surface area contributed by atoms with Crippen molar-refractivity contribution in [1.82, 2.24) is 9.55 Å². The normalized spacial score (nSPS) is 11.0. The maximum Gasteiger partial charge on any atom is 0.330 e. The predicted octanol–water partition coefficient (Wildman–Crippen LogP) is 1.72. The standard InChI is InChI=1S/C18H23ClN4O4/c1-11(2)10-23-15(20)14(16(24)21-18(23)26)22(8-9-27-3)17(25)12-4-6-13(19)7-5-12/h4-7,11H,8-10,20H2,1-3H3,(H,21,24,26). The second-order valence-electron chi connectivity index (χ2n) is 6.45. The molecule has 1 heterocycles. The molecule has 0 aliphatic carbocycles. The van der Waals surface area contributed by atoms with Gasteiger partial charge in [0.05, 0.1) is 6.61 Å². The minimum atomic E-state index is -0.726. The van der Waals surface area contributed by atoms with Crippen LogP contribution in [-0.4, -0.2) is 35.7 Å². The molecule has 9 heteroatoms. The number of halogens is 1. The lowest BCUT2D eigenvalue weighted by atomic mass is 10.2. The van der Waals surface area contributed by atoms with E-state index in [9.17, 15) is 14.4 Å². The SMILES string of the molecule is COCCN(C(=O)c1ccc(Cl)cc1)c1c(N)n(CC(C)C)c(=O)[nH]c1=O. The highest BCUT2D eigenvalue weighted by atomic mass is 35.5. The number of aromatic amines is 1. The topological polar surface area (TPSA) is 110 Å². The van der Waals surface area contributed by atoms with Crippen molar-refractivity contribution in [2.75, 3.05) is 30.9 Å². The van der Waals surface area contributed by atoms with Gasteiger partial charge in [-0.1, -0.05) is 25.4 Å². The summed E-state index contributed by atoms with van der Waals surface area (Å²) in [5, 5.41) is 0.484. The highest BCUT2D eigenvalue weighted by Gasteiger charge is 2.25. The van der Waals surface area contributed by atoms with E-state index in [1.54, 1.807) is 24.3 Å². The van der Waals surface area contributed by atoms with Gasteiger partial charge in [-0.15, -0.1) is 0 Å². The Labute approximate surface area is 161 Å². The minimum absolute atomic E-state index is 0.0594. The molecule has 2 aromatic rings. The van der Waals surface area contributed by atoms with Crippen LogP contribution in [0, 0.1) is 5.92 Å². The summed E-state index contributed by atoms with van der Waals surface area (Å²) in [6.07, 6.45) is 0. The molecule has 0 spiro atoms. The number of amides is 1. The second kappa shape index (κ2) is 8.88. The minimum Gasteiger partial charge on any atom is -0.383 e. The first kappa shape index (κ1) is 20.7. The number of nitrogens with one attached hydrogen (secondary N) is 1. The van der Waals surface area contributed by atoms with Crippen molar-refractivity contribution in [2.45, 2.75) is 20.4 Å². The fraction of sp³-hybridized carbons (Fsp3) is 0.389. The van der Waals surface area contributed by atoms with Crippen LogP contribution in [0.3, 0.4) is 0 Å². The van der Waals surface area contributed by atoms with Crippen LogP contribution in [0.1, 0.15) is 24.2 Å². The van der Waals surface area contributed by atoms with Crippen molar-refractivity contribution in [1.29, 1.82) is 0 Å². The number of carbonyl (C=O) groups is 1. The third-order valence-electron chi connectivity index (χ3n) is 3.89. The number of anilines is 2. The third kappa shape index (κ3) is 4.78. The number of ether oxygens (including phenoxy) is 1. The van der Waals surface area contributed by atoms with Crippen molar-refractivity contribution >= 4 is 29.0 Å². The number of carbonyl (C=O) groups excluding carboxylic acids is 1. The van der Waals surface area contributed by atoms with Gasteiger partial charge in [0.2, 0.25) is 0 Å². The van der Waals surface area contributed by atoms with Gasteiger partial charge in [0, 0.05) is 30.8 Å². The van der Waals surface area contributed by atoms with Gasteiger partial charge < -0.3 is 10.5 Å². The Bertz CT molecular complexity index is 918. The number of hydrogen-bond donors (Lipinski definition) is 2.